The zero-order valence-electron chi connectivity index (χ0n) is 38.5. The van der Waals surface area contributed by atoms with Gasteiger partial charge in [-0.05, 0) is 93.6 Å². The van der Waals surface area contributed by atoms with Crippen molar-refractivity contribution in [1.29, 1.82) is 0 Å². The van der Waals surface area contributed by atoms with E-state index in [9.17, 15) is 5.48 Å². The average Bonchev–Trinajstić information content (AvgIpc) is 3.88. The van der Waals surface area contributed by atoms with Gasteiger partial charge in [0.05, 0.1) is 31.7 Å². The summed E-state index contributed by atoms with van der Waals surface area (Å²) >= 11 is 0. The molecule has 0 spiro atoms. The third-order valence-electron chi connectivity index (χ3n) is 12.3. The first-order chi connectivity index (χ1) is 31.2. The summed E-state index contributed by atoms with van der Waals surface area (Å²) < 4.78 is 68.2. The maximum absolute atomic E-state index is 9.78. The van der Waals surface area contributed by atoms with Crippen molar-refractivity contribution in [3.05, 3.63) is 206 Å². The van der Waals surface area contributed by atoms with Gasteiger partial charge < -0.3 is 9.13 Å². The van der Waals surface area contributed by atoms with Gasteiger partial charge in [-0.2, -0.15) is 0 Å². The van der Waals surface area contributed by atoms with Crippen LogP contribution < -0.4 is 20.7 Å². The summed E-state index contributed by atoms with van der Waals surface area (Å²) in [6.07, 6.45) is 4.77. The molecule has 8 aromatic carbocycles. The van der Waals surface area contributed by atoms with Crippen LogP contribution in [0.25, 0.3) is 55.0 Å². The van der Waals surface area contributed by atoms with Crippen molar-refractivity contribution in [1.82, 2.24) is 9.13 Å². The zero-order chi connectivity index (χ0) is 43.9. The van der Waals surface area contributed by atoms with E-state index in [1.165, 1.54) is 20.7 Å². The van der Waals surface area contributed by atoms with E-state index in [1.807, 2.05) is 18.2 Å². The van der Waals surface area contributed by atoms with Crippen LogP contribution >= 0.6 is 0 Å². The fourth-order valence-corrected chi connectivity index (χ4v) is 14.4. The van der Waals surface area contributed by atoms with Crippen molar-refractivity contribution in [2.75, 3.05) is 0 Å². The maximum atomic E-state index is 9.78. The van der Waals surface area contributed by atoms with Gasteiger partial charge in [-0.15, -0.1) is 0 Å². The van der Waals surface area contributed by atoms with Crippen molar-refractivity contribution >= 4 is 72.4 Å². The highest BCUT2D eigenvalue weighted by Gasteiger charge is 2.41. The van der Waals surface area contributed by atoms with Gasteiger partial charge >= 0.3 is 0 Å². The normalized spacial score (nSPS) is 15.6. The molecule has 10 aromatic rings. The van der Waals surface area contributed by atoms with Crippen molar-refractivity contribution in [3.8, 4) is 11.4 Å². The molecule has 274 valence electrons. The molecule has 0 radical (unpaired) electrons. The molecule has 3 heteroatoms. The van der Waals surface area contributed by atoms with Crippen LogP contribution in [0.5, 0.6) is 0 Å². The van der Waals surface area contributed by atoms with E-state index < -0.39 is 14.1 Å². The number of hydrogen-bond acceptors (Lipinski definition) is 0. The van der Waals surface area contributed by atoms with Gasteiger partial charge in [0.15, 0.2) is 8.07 Å². The van der Waals surface area contributed by atoms with Crippen LogP contribution in [-0.4, -0.2) is 17.2 Å². The van der Waals surface area contributed by atoms with E-state index in [0.29, 0.717) is 16.8 Å². The van der Waals surface area contributed by atoms with Crippen LogP contribution in [-0.2, 0) is 0 Å². The minimum atomic E-state index is -2.75. The van der Waals surface area contributed by atoms with Gasteiger partial charge in [-0.3, -0.25) is 0 Å². The number of rotatable bonds is 7. The van der Waals surface area contributed by atoms with E-state index >= 15 is 0 Å². The summed E-state index contributed by atoms with van der Waals surface area (Å²) in [7, 11) is -2.75. The number of benzene rings is 8. The zero-order valence-corrected chi connectivity index (χ0v) is 32.5. The number of aromatic nitrogens is 2. The van der Waals surface area contributed by atoms with Crippen molar-refractivity contribution in [2.24, 2.45) is 0 Å². The third-order valence-corrected chi connectivity index (χ3v) is 17.1. The summed E-state index contributed by atoms with van der Waals surface area (Å²) in [6, 6.07) is 54.8. The van der Waals surface area contributed by atoms with Crippen LogP contribution in [0.4, 0.5) is 0 Å². The molecule has 0 unspecified atom stereocenters. The highest BCUT2D eigenvalue weighted by Crippen LogP contribution is 2.39. The van der Waals surface area contributed by atoms with Crippen molar-refractivity contribution < 1.29 is 9.60 Å². The Bertz CT molecular complexity index is 3340. The Hall–Kier alpha value is -6.42. The molecule has 0 bridgehead atoms. The second-order valence-electron chi connectivity index (χ2n) is 15.4. The lowest BCUT2D eigenvalue weighted by molar-refractivity contribution is 0.444. The fourth-order valence-electron chi connectivity index (χ4n) is 9.68. The quantitative estimate of drug-likeness (QED) is 0.113. The van der Waals surface area contributed by atoms with Gasteiger partial charge in [0.1, 0.15) is 0 Å². The van der Waals surface area contributed by atoms with E-state index in [4.69, 9.17) is 4.11 Å². The molecule has 0 atom stereocenters. The maximum Gasteiger partial charge on any atom is 0.179 e. The molecule has 2 heterocycles. The summed E-state index contributed by atoms with van der Waals surface area (Å²) in [4.78, 5) is 0. The monoisotopic (exact) mass is 755 g/mol. The lowest BCUT2D eigenvalue weighted by Gasteiger charge is -2.34. The van der Waals surface area contributed by atoms with E-state index in [0.717, 1.165) is 59.6 Å². The Morgan fingerprint density at radius 1 is 0.421 bits per heavy atom. The number of nitrogens with zero attached hydrogens (tertiary/aromatic N) is 2. The predicted octanol–water partition coefficient (Wildman–Crippen LogP) is 11.3. The van der Waals surface area contributed by atoms with Crippen molar-refractivity contribution in [3.63, 3.8) is 0 Å². The molecule has 2 nitrogen and oxygen atoms in total. The summed E-state index contributed by atoms with van der Waals surface area (Å²) in [5.74, 6) is -0.0362. The van der Waals surface area contributed by atoms with Gasteiger partial charge in [0, 0.05) is 32.9 Å². The van der Waals surface area contributed by atoms with Crippen LogP contribution in [0, 0.1) is 0 Å². The smallest absolute Gasteiger partial charge is 0.179 e. The Morgan fingerprint density at radius 3 is 1.65 bits per heavy atom. The first-order valence-electron chi connectivity index (χ1n) is 23.6. The standard InChI is InChI=1S/C54H44N2Si/c1-5-17-39(18-6-1)40-29-35-49-47-25-13-15-27-51(47)56(54(49)37-40)42-32-36-53-50(38-42)48-26-14-16-28-52(48)55(53)41-30-33-46(34-31-41)57(43-19-7-2-8-20-43,44-21-9-3-10-22-44)45-23-11-4-12-24-45/h2-4,7-16,19-39H,1,5-6,17-18H2/i13D,15D,25D,27D,29D,35D,37D. The Balaban J connectivity index is 1.14. The molecule has 0 saturated heterocycles. The molecule has 0 amide bonds. The molecule has 1 fully saturated rings. The summed E-state index contributed by atoms with van der Waals surface area (Å²) in [5.41, 5.74) is 4.70. The van der Waals surface area contributed by atoms with Gasteiger partial charge in [0.2, 0.25) is 0 Å². The second-order valence-corrected chi connectivity index (χ2v) is 19.2. The molecular weight excluding hydrogens is 705 g/mol. The Labute approximate surface area is 345 Å². The summed E-state index contributed by atoms with van der Waals surface area (Å²) in [5, 5.41) is 7.52. The van der Waals surface area contributed by atoms with E-state index in [1.54, 1.807) is 4.57 Å². The lowest BCUT2D eigenvalue weighted by atomic mass is 9.84. The molecular formula is C54H44N2Si. The Morgan fingerprint density at radius 2 is 0.965 bits per heavy atom. The number of para-hydroxylation sites is 2. The number of fused-ring (bicyclic) bond motifs is 6. The minimum Gasteiger partial charge on any atom is -0.309 e. The molecule has 11 rings (SSSR count). The SMILES string of the molecule is [2H]c1c([2H])c([2H])c2c(c1[2H])c1c([2H])c([2H])c(C3CCCCC3)c([2H])c1n2-c1ccc2c(c1)c1ccccc1n2-c1ccc([Si](c2ccccc2)(c2ccccc2)c2ccccc2)cc1. The largest absolute Gasteiger partial charge is 0.309 e. The van der Waals surface area contributed by atoms with Crippen LogP contribution in [0.15, 0.2) is 200 Å². The molecule has 57 heavy (non-hydrogen) atoms. The van der Waals surface area contributed by atoms with E-state index in [-0.39, 0.29) is 58.5 Å². The fraction of sp³-hybridized carbons (Fsp3) is 0.111. The van der Waals surface area contributed by atoms with Crippen LogP contribution in [0.2, 0.25) is 0 Å². The lowest BCUT2D eigenvalue weighted by Crippen LogP contribution is -2.74. The highest BCUT2D eigenvalue weighted by molar-refractivity contribution is 7.19. The predicted molar refractivity (Wildman–Crippen MR) is 245 cm³/mol. The Kier molecular flexibility index (Phi) is 6.66. The minimum absolute atomic E-state index is 0.0170. The molecule has 0 aliphatic heterocycles. The molecule has 0 N–H and O–H groups in total. The van der Waals surface area contributed by atoms with Crippen LogP contribution in [0.3, 0.4) is 0 Å². The van der Waals surface area contributed by atoms with Crippen molar-refractivity contribution in [2.45, 2.75) is 38.0 Å². The molecule has 1 saturated carbocycles. The molecule has 1 aliphatic rings. The summed E-state index contributed by atoms with van der Waals surface area (Å²) in [6.45, 7) is 0. The molecule has 2 aromatic heterocycles. The van der Waals surface area contributed by atoms with Gasteiger partial charge in [-0.25, -0.2) is 0 Å². The third kappa shape index (κ3) is 5.44. The number of hydrogen-bond donors (Lipinski definition) is 0. The highest BCUT2D eigenvalue weighted by atomic mass is 28.3. The first kappa shape index (κ1) is 27.2. The van der Waals surface area contributed by atoms with Gasteiger partial charge in [0.25, 0.3) is 0 Å². The van der Waals surface area contributed by atoms with E-state index in [2.05, 4.69) is 144 Å². The first-order valence-corrected chi connectivity index (χ1v) is 22.1. The van der Waals surface area contributed by atoms with Gasteiger partial charge in [-0.1, -0.05) is 171 Å². The topological polar surface area (TPSA) is 9.86 Å². The average molecular weight is 756 g/mol. The van der Waals surface area contributed by atoms with Crippen LogP contribution in [0.1, 0.15) is 53.2 Å². The second kappa shape index (κ2) is 13.9. The molecule has 1 aliphatic carbocycles.